The van der Waals surface area contributed by atoms with E-state index in [0.29, 0.717) is 12.0 Å². The molecule has 1 saturated carbocycles. The first-order valence-electron chi connectivity index (χ1n) is 6.28. The molecule has 2 N–H and O–H groups in total. The number of hydrogen-bond donors (Lipinski definition) is 1. The first-order chi connectivity index (χ1) is 7.59. The summed E-state index contributed by atoms with van der Waals surface area (Å²) in [5.74, 6) is 0.703. The summed E-state index contributed by atoms with van der Waals surface area (Å²) in [6, 6.07) is 0.468. The quantitative estimate of drug-likeness (QED) is 0.577. The Labute approximate surface area is 99.5 Å². The number of hydrogen-bond acceptors (Lipinski definition) is 2. The van der Waals surface area contributed by atoms with E-state index in [1.807, 2.05) is 7.05 Å². The molecule has 16 heavy (non-hydrogen) atoms. The highest BCUT2D eigenvalue weighted by Crippen LogP contribution is 2.20. The second-order valence-electron chi connectivity index (χ2n) is 5.00. The summed E-state index contributed by atoms with van der Waals surface area (Å²) in [7, 11) is 6.16. The van der Waals surface area contributed by atoms with Crippen molar-refractivity contribution in [3.63, 3.8) is 0 Å². The van der Waals surface area contributed by atoms with Crippen LogP contribution in [0.3, 0.4) is 0 Å². The topological polar surface area (TPSA) is 44.9 Å². The summed E-state index contributed by atoms with van der Waals surface area (Å²) in [5, 5.41) is 0. The van der Waals surface area contributed by atoms with Gasteiger partial charge in [-0.3, -0.25) is 0 Å². The maximum atomic E-state index is 5.99. The molecule has 0 bridgehead atoms. The molecule has 4 nitrogen and oxygen atoms in total. The second-order valence-corrected chi connectivity index (χ2v) is 5.00. The van der Waals surface area contributed by atoms with Gasteiger partial charge in [-0.1, -0.05) is 19.3 Å². The Morgan fingerprint density at radius 1 is 1.12 bits per heavy atom. The highest BCUT2D eigenvalue weighted by Gasteiger charge is 2.13. The van der Waals surface area contributed by atoms with Crippen LogP contribution in [0.4, 0.5) is 0 Å². The van der Waals surface area contributed by atoms with Crippen molar-refractivity contribution in [2.45, 2.75) is 38.1 Å². The molecule has 0 heterocycles. The van der Waals surface area contributed by atoms with E-state index in [-0.39, 0.29) is 0 Å². The molecule has 1 aliphatic rings. The van der Waals surface area contributed by atoms with Gasteiger partial charge in [-0.15, -0.1) is 0 Å². The molecule has 1 aliphatic carbocycles. The Morgan fingerprint density at radius 3 is 2.31 bits per heavy atom. The molecule has 0 aromatic rings. The van der Waals surface area contributed by atoms with Crippen LogP contribution in [0, 0.1) is 0 Å². The lowest BCUT2D eigenvalue weighted by atomic mass is 9.96. The largest absolute Gasteiger partial charge is 0.370 e. The third-order valence-corrected chi connectivity index (χ3v) is 3.16. The molecule has 1 fully saturated rings. The molecular formula is C12H26N4. The molecule has 0 aliphatic heterocycles. The Kier molecular flexibility index (Phi) is 5.60. The lowest BCUT2D eigenvalue weighted by Crippen LogP contribution is -2.39. The molecule has 1 rings (SSSR count). The van der Waals surface area contributed by atoms with Gasteiger partial charge < -0.3 is 15.5 Å². The standard InChI is InChI=1S/C12H26N4/c1-15(2)9-10-16(3)12(13)14-11-7-5-4-6-8-11/h11H,4-10H2,1-3H3,(H2,13,14). The van der Waals surface area contributed by atoms with E-state index in [1.54, 1.807) is 0 Å². The third-order valence-electron chi connectivity index (χ3n) is 3.16. The van der Waals surface area contributed by atoms with Gasteiger partial charge in [0.2, 0.25) is 0 Å². The number of rotatable bonds is 4. The van der Waals surface area contributed by atoms with Crippen LogP contribution in [0.25, 0.3) is 0 Å². The summed E-state index contributed by atoms with van der Waals surface area (Å²) in [5.41, 5.74) is 5.99. The average molecular weight is 226 g/mol. The summed E-state index contributed by atoms with van der Waals surface area (Å²) < 4.78 is 0. The molecule has 94 valence electrons. The predicted octanol–water partition coefficient (Wildman–Crippen LogP) is 1.13. The molecule has 0 spiro atoms. The molecule has 0 amide bonds. The van der Waals surface area contributed by atoms with Crippen LogP contribution in [-0.4, -0.2) is 56.0 Å². The van der Waals surface area contributed by atoms with E-state index in [4.69, 9.17) is 5.73 Å². The summed E-state index contributed by atoms with van der Waals surface area (Å²) >= 11 is 0. The molecule has 0 unspecified atom stereocenters. The number of nitrogens with two attached hydrogens (primary N) is 1. The van der Waals surface area contributed by atoms with Crippen molar-refractivity contribution >= 4 is 5.96 Å². The smallest absolute Gasteiger partial charge is 0.191 e. The number of nitrogens with zero attached hydrogens (tertiary/aromatic N) is 3. The van der Waals surface area contributed by atoms with Crippen molar-refractivity contribution in [1.29, 1.82) is 0 Å². The van der Waals surface area contributed by atoms with Gasteiger partial charge in [0.25, 0.3) is 0 Å². The van der Waals surface area contributed by atoms with Crippen LogP contribution in [0.15, 0.2) is 4.99 Å². The van der Waals surface area contributed by atoms with Crippen molar-refractivity contribution < 1.29 is 0 Å². The van der Waals surface area contributed by atoms with Gasteiger partial charge in [0.05, 0.1) is 6.04 Å². The minimum Gasteiger partial charge on any atom is -0.370 e. The van der Waals surface area contributed by atoms with Crippen LogP contribution in [-0.2, 0) is 0 Å². The van der Waals surface area contributed by atoms with Gasteiger partial charge >= 0.3 is 0 Å². The highest BCUT2D eigenvalue weighted by atomic mass is 15.3. The Morgan fingerprint density at radius 2 is 1.75 bits per heavy atom. The first kappa shape index (κ1) is 13.3. The van der Waals surface area contributed by atoms with E-state index < -0.39 is 0 Å². The van der Waals surface area contributed by atoms with E-state index in [9.17, 15) is 0 Å². The van der Waals surface area contributed by atoms with E-state index in [2.05, 4.69) is 28.9 Å². The molecule has 0 radical (unpaired) electrons. The number of guanidine groups is 1. The second kappa shape index (κ2) is 6.74. The maximum Gasteiger partial charge on any atom is 0.191 e. The van der Waals surface area contributed by atoms with Gasteiger partial charge in [-0.25, -0.2) is 4.99 Å². The van der Waals surface area contributed by atoms with Crippen LogP contribution >= 0.6 is 0 Å². The van der Waals surface area contributed by atoms with Crippen molar-refractivity contribution in [2.75, 3.05) is 34.2 Å². The van der Waals surface area contributed by atoms with Gasteiger partial charge in [0.15, 0.2) is 5.96 Å². The zero-order valence-corrected chi connectivity index (χ0v) is 10.9. The normalized spacial score (nSPS) is 19.1. The number of aliphatic imine (C=N–C) groups is 1. The van der Waals surface area contributed by atoms with Gasteiger partial charge in [0.1, 0.15) is 0 Å². The Balaban J connectivity index is 2.35. The summed E-state index contributed by atoms with van der Waals surface area (Å²) in [6.45, 7) is 1.95. The average Bonchev–Trinajstić information content (AvgIpc) is 2.27. The molecule has 0 aromatic heterocycles. The van der Waals surface area contributed by atoms with Crippen LogP contribution in [0.5, 0.6) is 0 Å². The fourth-order valence-electron chi connectivity index (χ4n) is 1.96. The predicted molar refractivity (Wildman–Crippen MR) is 69.7 cm³/mol. The Bertz CT molecular complexity index is 219. The third kappa shape index (κ3) is 4.84. The monoisotopic (exact) mass is 226 g/mol. The van der Waals surface area contributed by atoms with Crippen molar-refractivity contribution in [2.24, 2.45) is 10.7 Å². The first-order valence-corrected chi connectivity index (χ1v) is 6.28. The lowest BCUT2D eigenvalue weighted by molar-refractivity contribution is 0.352. The van der Waals surface area contributed by atoms with Crippen LogP contribution < -0.4 is 5.73 Å². The van der Waals surface area contributed by atoms with Crippen molar-refractivity contribution in [3.8, 4) is 0 Å². The fourth-order valence-corrected chi connectivity index (χ4v) is 1.96. The van der Waals surface area contributed by atoms with E-state index >= 15 is 0 Å². The van der Waals surface area contributed by atoms with Crippen LogP contribution in [0.1, 0.15) is 32.1 Å². The minimum atomic E-state index is 0.468. The molecule has 0 saturated heterocycles. The zero-order valence-electron chi connectivity index (χ0n) is 10.9. The fraction of sp³-hybridized carbons (Fsp3) is 0.917. The van der Waals surface area contributed by atoms with E-state index in [1.165, 1.54) is 32.1 Å². The molecule has 0 aromatic carbocycles. The maximum absolute atomic E-state index is 5.99. The Hall–Kier alpha value is -0.770. The van der Waals surface area contributed by atoms with Crippen LogP contribution in [0.2, 0.25) is 0 Å². The highest BCUT2D eigenvalue weighted by molar-refractivity contribution is 5.77. The summed E-state index contributed by atoms with van der Waals surface area (Å²) in [6.07, 6.45) is 6.40. The molecule has 0 atom stereocenters. The molecule has 4 heteroatoms. The van der Waals surface area contributed by atoms with E-state index in [0.717, 1.165) is 13.1 Å². The van der Waals surface area contributed by atoms with Crippen molar-refractivity contribution in [1.82, 2.24) is 9.80 Å². The zero-order chi connectivity index (χ0) is 12.0. The van der Waals surface area contributed by atoms with Gasteiger partial charge in [-0.05, 0) is 26.9 Å². The van der Waals surface area contributed by atoms with Gasteiger partial charge in [0, 0.05) is 20.1 Å². The SMILES string of the molecule is CN(C)CCN(C)C(N)=NC1CCCCC1. The summed E-state index contributed by atoms with van der Waals surface area (Å²) in [4.78, 5) is 8.82. The number of likely N-dealkylation sites (N-methyl/N-ethyl adjacent to an activating group) is 2. The minimum absolute atomic E-state index is 0.468. The van der Waals surface area contributed by atoms with Gasteiger partial charge in [-0.2, -0.15) is 0 Å². The van der Waals surface area contributed by atoms with Crippen molar-refractivity contribution in [3.05, 3.63) is 0 Å². The molecular weight excluding hydrogens is 200 g/mol. The lowest BCUT2D eigenvalue weighted by Gasteiger charge is -2.23.